The highest BCUT2D eigenvalue weighted by Gasteiger charge is 2.16. The van der Waals surface area contributed by atoms with Gasteiger partial charge in [0, 0.05) is 24.2 Å². The van der Waals surface area contributed by atoms with Gasteiger partial charge in [-0.1, -0.05) is 6.07 Å². The second-order valence-electron chi connectivity index (χ2n) is 5.41. The number of hydrogen-bond acceptors (Lipinski definition) is 4. The number of H-pyrrole nitrogens is 1. The Bertz CT molecular complexity index is 1040. The lowest BCUT2D eigenvalue weighted by molar-refractivity contribution is 0.413. The number of pyridine rings is 1. The molecule has 24 heavy (non-hydrogen) atoms. The summed E-state index contributed by atoms with van der Waals surface area (Å²) in [6, 6.07) is 6.51. The maximum absolute atomic E-state index is 14.3. The molecule has 0 fully saturated rings. The summed E-state index contributed by atoms with van der Waals surface area (Å²) in [5.74, 6) is 0.0564. The third-order valence-corrected chi connectivity index (χ3v) is 3.88. The van der Waals surface area contributed by atoms with E-state index >= 15 is 0 Å². The summed E-state index contributed by atoms with van der Waals surface area (Å²) < 4.78 is 21.3. The molecule has 0 aliphatic carbocycles. The van der Waals surface area contributed by atoms with Crippen LogP contribution in [0.1, 0.15) is 0 Å². The average molecular weight is 323 g/mol. The van der Waals surface area contributed by atoms with Gasteiger partial charge in [0.2, 0.25) is 0 Å². The van der Waals surface area contributed by atoms with Crippen molar-refractivity contribution in [3.05, 3.63) is 48.7 Å². The highest BCUT2D eigenvalue weighted by molar-refractivity contribution is 5.94. The standard InChI is InChI=1S/C17H14FN5O/c1-23-9-10(7-20-23)17-11-6-13(19-8-14(11)21-22-17)16-12(18)4-3-5-15(16)24-2/h3-9H,1-2H3,(H,21,22). The molecule has 4 aromatic rings. The molecule has 1 N–H and O–H groups in total. The molecule has 0 bridgehead atoms. The number of nitrogens with one attached hydrogen (secondary N) is 1. The molecule has 6 nitrogen and oxygen atoms in total. The lowest BCUT2D eigenvalue weighted by Crippen LogP contribution is -1.93. The summed E-state index contributed by atoms with van der Waals surface area (Å²) in [5.41, 5.74) is 3.22. The second-order valence-corrected chi connectivity index (χ2v) is 5.41. The van der Waals surface area contributed by atoms with Gasteiger partial charge in [-0.15, -0.1) is 0 Å². The Hall–Kier alpha value is -3.22. The molecule has 0 aliphatic rings. The van der Waals surface area contributed by atoms with Crippen molar-refractivity contribution in [1.29, 1.82) is 0 Å². The van der Waals surface area contributed by atoms with Crippen molar-refractivity contribution in [2.24, 2.45) is 7.05 Å². The first kappa shape index (κ1) is 14.4. The second kappa shape index (κ2) is 5.45. The third-order valence-electron chi connectivity index (χ3n) is 3.88. The molecule has 0 spiro atoms. The van der Waals surface area contributed by atoms with Gasteiger partial charge in [0.25, 0.3) is 0 Å². The number of hydrogen-bond donors (Lipinski definition) is 1. The molecule has 3 aromatic heterocycles. The van der Waals surface area contributed by atoms with E-state index in [0.717, 1.165) is 22.2 Å². The molecule has 0 aliphatic heterocycles. The molecular formula is C17H14FN5O. The van der Waals surface area contributed by atoms with Crippen molar-refractivity contribution in [3.63, 3.8) is 0 Å². The molecule has 1 aromatic carbocycles. The highest BCUT2D eigenvalue weighted by Crippen LogP contribution is 2.34. The van der Waals surface area contributed by atoms with Gasteiger partial charge >= 0.3 is 0 Å². The number of rotatable bonds is 3. The topological polar surface area (TPSA) is 68.6 Å². The van der Waals surface area contributed by atoms with Gasteiger partial charge in [0.05, 0.1) is 36.3 Å². The number of halogens is 1. The molecule has 0 saturated heterocycles. The minimum atomic E-state index is -0.382. The number of benzene rings is 1. The van der Waals surface area contributed by atoms with Crippen molar-refractivity contribution in [1.82, 2.24) is 25.0 Å². The van der Waals surface area contributed by atoms with Gasteiger partial charge in [-0.3, -0.25) is 14.8 Å². The van der Waals surface area contributed by atoms with Crippen molar-refractivity contribution >= 4 is 10.9 Å². The van der Waals surface area contributed by atoms with Crippen LogP contribution in [0.5, 0.6) is 5.75 Å². The predicted octanol–water partition coefficient (Wildman–Crippen LogP) is 3.17. The van der Waals surface area contributed by atoms with E-state index in [1.165, 1.54) is 13.2 Å². The SMILES string of the molecule is COc1cccc(F)c1-c1cc2c(-c3cnn(C)c3)n[nH]c2cn1. The molecule has 0 unspecified atom stereocenters. The fourth-order valence-electron chi connectivity index (χ4n) is 2.74. The van der Waals surface area contributed by atoms with Crippen molar-refractivity contribution in [3.8, 4) is 28.3 Å². The van der Waals surface area contributed by atoms with E-state index in [4.69, 9.17) is 4.74 Å². The minimum absolute atomic E-state index is 0.334. The fourth-order valence-corrected chi connectivity index (χ4v) is 2.74. The lowest BCUT2D eigenvalue weighted by atomic mass is 10.1. The number of nitrogens with zero attached hydrogens (tertiary/aromatic N) is 4. The lowest BCUT2D eigenvalue weighted by Gasteiger charge is -2.09. The van der Waals surface area contributed by atoms with E-state index in [9.17, 15) is 4.39 Å². The van der Waals surface area contributed by atoms with Crippen LogP contribution in [0.15, 0.2) is 42.9 Å². The minimum Gasteiger partial charge on any atom is -0.496 e. The predicted molar refractivity (Wildman–Crippen MR) is 88.0 cm³/mol. The van der Waals surface area contributed by atoms with E-state index in [0.29, 0.717) is 17.0 Å². The molecule has 7 heteroatoms. The summed E-state index contributed by atoms with van der Waals surface area (Å²) in [6.45, 7) is 0. The van der Waals surface area contributed by atoms with Gasteiger partial charge in [0.15, 0.2) is 0 Å². The van der Waals surface area contributed by atoms with Gasteiger partial charge in [-0.2, -0.15) is 10.2 Å². The number of aromatic amines is 1. The van der Waals surface area contributed by atoms with Crippen LogP contribution in [0.2, 0.25) is 0 Å². The number of aromatic nitrogens is 5. The Kier molecular flexibility index (Phi) is 3.26. The van der Waals surface area contributed by atoms with E-state index in [1.54, 1.807) is 29.2 Å². The normalized spacial score (nSPS) is 11.1. The van der Waals surface area contributed by atoms with Gasteiger partial charge < -0.3 is 4.74 Å². The van der Waals surface area contributed by atoms with Crippen LogP contribution in [0.4, 0.5) is 4.39 Å². The number of ether oxygens (including phenoxy) is 1. The van der Waals surface area contributed by atoms with Crippen molar-refractivity contribution in [2.75, 3.05) is 7.11 Å². The van der Waals surface area contributed by atoms with Crippen LogP contribution in [-0.4, -0.2) is 32.1 Å². The summed E-state index contributed by atoms with van der Waals surface area (Å²) in [7, 11) is 3.35. The molecule has 4 rings (SSSR count). The van der Waals surface area contributed by atoms with Crippen LogP contribution in [0.3, 0.4) is 0 Å². The van der Waals surface area contributed by atoms with E-state index < -0.39 is 0 Å². The largest absolute Gasteiger partial charge is 0.496 e. The van der Waals surface area contributed by atoms with Crippen LogP contribution in [0.25, 0.3) is 33.4 Å². The van der Waals surface area contributed by atoms with Crippen LogP contribution >= 0.6 is 0 Å². The van der Waals surface area contributed by atoms with Crippen molar-refractivity contribution < 1.29 is 9.13 Å². The van der Waals surface area contributed by atoms with Gasteiger partial charge in [0.1, 0.15) is 17.3 Å². The van der Waals surface area contributed by atoms with Gasteiger partial charge in [-0.25, -0.2) is 4.39 Å². The smallest absolute Gasteiger partial charge is 0.136 e. The molecule has 120 valence electrons. The Morgan fingerprint density at radius 1 is 1.25 bits per heavy atom. The summed E-state index contributed by atoms with van der Waals surface area (Å²) in [4.78, 5) is 4.35. The monoisotopic (exact) mass is 323 g/mol. The van der Waals surface area contributed by atoms with E-state index in [1.807, 2.05) is 19.3 Å². The zero-order chi connectivity index (χ0) is 16.7. The molecule has 0 amide bonds. The van der Waals surface area contributed by atoms with Crippen LogP contribution in [0, 0.1) is 5.82 Å². The maximum atomic E-state index is 14.3. The first-order valence-corrected chi connectivity index (χ1v) is 7.33. The Labute approximate surface area is 136 Å². The zero-order valence-corrected chi connectivity index (χ0v) is 13.1. The Morgan fingerprint density at radius 3 is 2.88 bits per heavy atom. The Balaban J connectivity index is 1.93. The quantitative estimate of drug-likeness (QED) is 0.629. The third kappa shape index (κ3) is 2.21. The molecule has 0 radical (unpaired) electrons. The van der Waals surface area contributed by atoms with E-state index in [2.05, 4.69) is 20.3 Å². The van der Waals surface area contributed by atoms with E-state index in [-0.39, 0.29) is 5.82 Å². The summed E-state index contributed by atoms with van der Waals surface area (Å²) in [5, 5.41) is 12.3. The molecule has 3 heterocycles. The van der Waals surface area contributed by atoms with Crippen molar-refractivity contribution in [2.45, 2.75) is 0 Å². The fraction of sp³-hybridized carbons (Fsp3) is 0.118. The first-order valence-electron chi connectivity index (χ1n) is 7.33. The number of aryl methyl sites for hydroxylation is 1. The van der Waals surface area contributed by atoms with Gasteiger partial charge in [-0.05, 0) is 18.2 Å². The zero-order valence-electron chi connectivity index (χ0n) is 13.1. The first-order chi connectivity index (χ1) is 11.7. The number of methoxy groups -OCH3 is 1. The highest BCUT2D eigenvalue weighted by atomic mass is 19.1. The molecule has 0 atom stereocenters. The molecule has 0 saturated carbocycles. The summed E-state index contributed by atoms with van der Waals surface area (Å²) in [6.07, 6.45) is 5.25. The van der Waals surface area contributed by atoms with Crippen LogP contribution < -0.4 is 4.74 Å². The maximum Gasteiger partial charge on any atom is 0.136 e. The summed E-state index contributed by atoms with van der Waals surface area (Å²) >= 11 is 0. The Morgan fingerprint density at radius 2 is 2.12 bits per heavy atom. The van der Waals surface area contributed by atoms with Crippen LogP contribution in [-0.2, 0) is 7.05 Å². The average Bonchev–Trinajstić information content (AvgIpc) is 3.19. The molecular weight excluding hydrogens is 309 g/mol. The number of fused-ring (bicyclic) bond motifs is 1.